The lowest BCUT2D eigenvalue weighted by atomic mass is 10.1. The number of nitro groups is 1. The molecule has 0 saturated carbocycles. The summed E-state index contributed by atoms with van der Waals surface area (Å²) >= 11 is 11.8. The number of hydrogen-bond donors (Lipinski definition) is 1. The molecule has 0 aromatic heterocycles. The Kier molecular flexibility index (Phi) is 6.32. The summed E-state index contributed by atoms with van der Waals surface area (Å²) in [6.45, 7) is -0.568. The summed E-state index contributed by atoms with van der Waals surface area (Å²) in [6, 6.07) is 10.5. The maximum Gasteiger partial charge on any atom is 0.311 e. The number of carbonyl (C=O) groups excluding carboxylic acids is 2. The van der Waals surface area contributed by atoms with Gasteiger partial charge in [-0.05, 0) is 12.1 Å². The first-order valence-electron chi connectivity index (χ1n) is 7.00. The molecular weight excluding hydrogens is 371 g/mol. The number of nitrogens with zero attached hydrogens (tertiary/aromatic N) is 1. The molecule has 0 bridgehead atoms. The van der Waals surface area contributed by atoms with Gasteiger partial charge < -0.3 is 10.1 Å². The number of rotatable bonds is 6. The lowest BCUT2D eigenvalue weighted by Crippen LogP contribution is -2.22. The summed E-state index contributed by atoms with van der Waals surface area (Å²) in [5.74, 6) is -1.40. The van der Waals surface area contributed by atoms with Crippen molar-refractivity contribution in [3.05, 3.63) is 68.2 Å². The summed E-state index contributed by atoms with van der Waals surface area (Å²) in [6.07, 6.45) is -0.322. The monoisotopic (exact) mass is 382 g/mol. The minimum absolute atomic E-state index is 0.188. The van der Waals surface area contributed by atoms with Crippen molar-refractivity contribution in [2.24, 2.45) is 0 Å². The number of para-hydroxylation sites is 2. The molecule has 25 heavy (non-hydrogen) atoms. The third-order valence-corrected chi connectivity index (χ3v) is 3.74. The predicted molar refractivity (Wildman–Crippen MR) is 92.9 cm³/mol. The first-order valence-corrected chi connectivity index (χ1v) is 7.76. The van der Waals surface area contributed by atoms with Crippen LogP contribution in [0.25, 0.3) is 0 Å². The summed E-state index contributed by atoms with van der Waals surface area (Å²) in [4.78, 5) is 33.9. The van der Waals surface area contributed by atoms with Crippen LogP contribution >= 0.6 is 23.2 Å². The fourth-order valence-electron chi connectivity index (χ4n) is 1.98. The second-order valence-corrected chi connectivity index (χ2v) is 5.68. The molecule has 1 N–H and O–H groups in total. The molecular formula is C16H12Cl2N2O5. The van der Waals surface area contributed by atoms with Gasteiger partial charge in [0, 0.05) is 11.6 Å². The zero-order valence-electron chi connectivity index (χ0n) is 12.7. The van der Waals surface area contributed by atoms with Gasteiger partial charge in [0.25, 0.3) is 11.6 Å². The zero-order valence-corrected chi connectivity index (χ0v) is 14.2. The lowest BCUT2D eigenvalue weighted by molar-refractivity contribution is -0.385. The number of benzene rings is 2. The van der Waals surface area contributed by atoms with E-state index in [2.05, 4.69) is 5.32 Å². The van der Waals surface area contributed by atoms with Crippen LogP contribution in [0.5, 0.6) is 0 Å². The van der Waals surface area contributed by atoms with Crippen molar-refractivity contribution in [3.63, 3.8) is 0 Å². The molecule has 0 aliphatic rings. The van der Waals surface area contributed by atoms with Crippen molar-refractivity contribution in [1.82, 2.24) is 0 Å². The summed E-state index contributed by atoms with van der Waals surface area (Å²) in [5, 5.41) is 13.8. The van der Waals surface area contributed by atoms with E-state index in [0.29, 0.717) is 0 Å². The predicted octanol–water partition coefficient (Wildman–Crippen LogP) is 3.63. The van der Waals surface area contributed by atoms with Gasteiger partial charge in [-0.2, -0.15) is 0 Å². The van der Waals surface area contributed by atoms with E-state index in [1.54, 1.807) is 24.3 Å². The van der Waals surface area contributed by atoms with Crippen LogP contribution in [0, 0.1) is 10.1 Å². The van der Waals surface area contributed by atoms with Gasteiger partial charge >= 0.3 is 5.97 Å². The number of hydrogen-bond acceptors (Lipinski definition) is 5. The Morgan fingerprint density at radius 2 is 1.72 bits per heavy atom. The molecule has 9 heteroatoms. The van der Waals surface area contributed by atoms with Gasteiger partial charge in [0.05, 0.1) is 27.1 Å². The Morgan fingerprint density at radius 3 is 2.36 bits per heavy atom. The normalized spacial score (nSPS) is 10.2. The number of carbonyl (C=O) groups is 2. The molecule has 0 unspecified atom stereocenters. The molecule has 2 aromatic rings. The third-order valence-electron chi connectivity index (χ3n) is 3.11. The molecule has 1 amide bonds. The summed E-state index contributed by atoms with van der Waals surface area (Å²) in [7, 11) is 0. The number of ether oxygens (including phenoxy) is 1. The largest absolute Gasteiger partial charge is 0.455 e. The van der Waals surface area contributed by atoms with Crippen molar-refractivity contribution in [2.45, 2.75) is 6.42 Å². The molecule has 7 nitrogen and oxygen atoms in total. The SMILES string of the molecule is O=C(COC(=O)Cc1ccccc1[N+](=O)[O-])Nc1c(Cl)cccc1Cl. The molecule has 0 atom stereocenters. The smallest absolute Gasteiger partial charge is 0.311 e. The van der Waals surface area contributed by atoms with Gasteiger partial charge in [-0.25, -0.2) is 0 Å². The van der Waals surface area contributed by atoms with E-state index in [1.165, 1.54) is 18.2 Å². The Labute approximate surface area is 152 Å². The fraction of sp³-hybridized carbons (Fsp3) is 0.125. The van der Waals surface area contributed by atoms with Gasteiger partial charge in [-0.1, -0.05) is 47.5 Å². The minimum Gasteiger partial charge on any atom is -0.455 e. The van der Waals surface area contributed by atoms with E-state index >= 15 is 0 Å². The highest BCUT2D eigenvalue weighted by Gasteiger charge is 2.17. The number of esters is 1. The molecule has 0 fully saturated rings. The molecule has 2 rings (SSSR count). The van der Waals surface area contributed by atoms with E-state index in [-0.39, 0.29) is 33.4 Å². The Hall–Kier alpha value is -2.64. The number of anilines is 1. The van der Waals surface area contributed by atoms with Crippen molar-refractivity contribution < 1.29 is 19.2 Å². The molecule has 0 aliphatic carbocycles. The second kappa shape index (κ2) is 8.46. The third kappa shape index (κ3) is 5.17. The molecule has 130 valence electrons. The first-order chi connectivity index (χ1) is 11.9. The molecule has 0 aliphatic heterocycles. The molecule has 0 radical (unpaired) electrons. The van der Waals surface area contributed by atoms with E-state index in [4.69, 9.17) is 27.9 Å². The molecule has 0 spiro atoms. The average Bonchev–Trinajstić information content (AvgIpc) is 2.57. The van der Waals surface area contributed by atoms with E-state index < -0.39 is 23.4 Å². The maximum absolute atomic E-state index is 11.8. The van der Waals surface area contributed by atoms with E-state index in [9.17, 15) is 19.7 Å². The number of halogens is 2. The topological polar surface area (TPSA) is 98.5 Å². The standard InChI is InChI=1S/C16H12Cl2N2O5/c17-11-5-3-6-12(18)16(11)19-14(21)9-25-15(22)8-10-4-1-2-7-13(10)20(23)24/h1-7H,8-9H2,(H,19,21). The van der Waals surface area contributed by atoms with E-state index in [0.717, 1.165) is 0 Å². The van der Waals surface area contributed by atoms with Crippen LogP contribution in [0.3, 0.4) is 0 Å². The molecule has 0 heterocycles. The van der Waals surface area contributed by atoms with Crippen LogP contribution in [0.4, 0.5) is 11.4 Å². The number of nitro benzene ring substituents is 1. The first kappa shape index (κ1) is 18.7. The van der Waals surface area contributed by atoms with Crippen LogP contribution < -0.4 is 5.32 Å². The second-order valence-electron chi connectivity index (χ2n) is 4.87. The van der Waals surface area contributed by atoms with Gasteiger partial charge in [-0.3, -0.25) is 19.7 Å². The average molecular weight is 383 g/mol. The van der Waals surface area contributed by atoms with E-state index in [1.807, 2.05) is 0 Å². The van der Waals surface area contributed by atoms with Crippen LogP contribution in [0.2, 0.25) is 10.0 Å². The highest BCUT2D eigenvalue weighted by molar-refractivity contribution is 6.39. The van der Waals surface area contributed by atoms with Crippen molar-refractivity contribution >= 4 is 46.5 Å². The molecule has 0 saturated heterocycles. The van der Waals surface area contributed by atoms with Crippen molar-refractivity contribution in [3.8, 4) is 0 Å². The van der Waals surface area contributed by atoms with Crippen molar-refractivity contribution in [2.75, 3.05) is 11.9 Å². The minimum atomic E-state index is -0.769. The summed E-state index contributed by atoms with van der Waals surface area (Å²) in [5.41, 5.74) is 0.226. The van der Waals surface area contributed by atoms with Gasteiger partial charge in [-0.15, -0.1) is 0 Å². The lowest BCUT2D eigenvalue weighted by Gasteiger charge is -2.09. The number of amides is 1. The van der Waals surface area contributed by atoms with Crippen molar-refractivity contribution in [1.29, 1.82) is 0 Å². The fourth-order valence-corrected chi connectivity index (χ4v) is 2.48. The van der Waals surface area contributed by atoms with Crippen LogP contribution in [-0.2, 0) is 20.7 Å². The molecule has 2 aromatic carbocycles. The Morgan fingerprint density at radius 1 is 1.08 bits per heavy atom. The Bertz CT molecular complexity index is 806. The quantitative estimate of drug-likeness (QED) is 0.467. The Balaban J connectivity index is 1.92. The van der Waals surface area contributed by atoms with Crippen LogP contribution in [0.15, 0.2) is 42.5 Å². The maximum atomic E-state index is 11.8. The highest BCUT2D eigenvalue weighted by atomic mass is 35.5. The summed E-state index contributed by atoms with van der Waals surface area (Å²) < 4.78 is 4.83. The van der Waals surface area contributed by atoms with Crippen LogP contribution in [-0.4, -0.2) is 23.4 Å². The number of nitrogens with one attached hydrogen (secondary N) is 1. The zero-order chi connectivity index (χ0) is 18.4. The highest BCUT2D eigenvalue weighted by Crippen LogP contribution is 2.29. The van der Waals surface area contributed by atoms with Gasteiger partial charge in [0.2, 0.25) is 0 Å². The van der Waals surface area contributed by atoms with Crippen LogP contribution in [0.1, 0.15) is 5.56 Å². The van der Waals surface area contributed by atoms with Gasteiger partial charge in [0.15, 0.2) is 6.61 Å². The van der Waals surface area contributed by atoms with Gasteiger partial charge in [0.1, 0.15) is 0 Å².